The van der Waals surface area contributed by atoms with Crippen LogP contribution in [0.4, 0.5) is 5.82 Å². The van der Waals surface area contributed by atoms with Crippen molar-refractivity contribution in [3.8, 4) is 0 Å². The summed E-state index contributed by atoms with van der Waals surface area (Å²) < 4.78 is 0. The summed E-state index contributed by atoms with van der Waals surface area (Å²) in [4.78, 5) is 11.3. The molecule has 5 rings (SSSR count). The molecule has 0 spiro atoms. The second kappa shape index (κ2) is 9.09. The van der Waals surface area contributed by atoms with Crippen molar-refractivity contribution in [1.29, 1.82) is 0 Å². The van der Waals surface area contributed by atoms with Crippen LogP contribution in [0, 0.1) is 5.92 Å². The van der Waals surface area contributed by atoms with Crippen molar-refractivity contribution in [3.05, 3.63) is 84.2 Å². The molecule has 0 aliphatic carbocycles. The smallest absolute Gasteiger partial charge is 0.130 e. The molecule has 4 nitrogen and oxygen atoms in total. The molecule has 1 fully saturated rings. The SMILES string of the molecule is C=C(Nc1cc2cc(C3=CN=CC3)ccc2cn1)c1cccc(CC2CCN(C)CC2)c1. The van der Waals surface area contributed by atoms with Gasteiger partial charge in [-0.2, -0.15) is 0 Å². The molecule has 3 aromatic rings. The summed E-state index contributed by atoms with van der Waals surface area (Å²) in [7, 11) is 2.22. The van der Waals surface area contributed by atoms with E-state index in [0.717, 1.165) is 46.6 Å². The molecule has 0 radical (unpaired) electrons. The van der Waals surface area contributed by atoms with Crippen LogP contribution in [0.1, 0.15) is 36.0 Å². The van der Waals surface area contributed by atoms with Crippen molar-refractivity contribution >= 4 is 34.1 Å². The molecule has 0 bridgehead atoms. The first-order chi connectivity index (χ1) is 15.6. The molecule has 0 atom stereocenters. The summed E-state index contributed by atoms with van der Waals surface area (Å²) in [6.07, 6.45) is 10.4. The summed E-state index contributed by atoms with van der Waals surface area (Å²) in [5, 5.41) is 5.72. The minimum absolute atomic E-state index is 0.777. The van der Waals surface area contributed by atoms with Crippen LogP contribution in [0.15, 0.2) is 72.5 Å². The molecule has 2 aromatic carbocycles. The number of benzene rings is 2. The number of hydrogen-bond acceptors (Lipinski definition) is 4. The molecule has 2 aliphatic rings. The van der Waals surface area contributed by atoms with Gasteiger partial charge in [0.25, 0.3) is 0 Å². The lowest BCUT2D eigenvalue weighted by Gasteiger charge is -2.29. The fraction of sp³-hybridized carbons (Fsp3) is 0.286. The number of pyridine rings is 1. The van der Waals surface area contributed by atoms with Crippen LogP contribution in [-0.4, -0.2) is 36.2 Å². The van der Waals surface area contributed by atoms with Crippen molar-refractivity contribution in [1.82, 2.24) is 9.88 Å². The number of fused-ring (bicyclic) bond motifs is 1. The first kappa shape index (κ1) is 20.7. The van der Waals surface area contributed by atoms with Crippen LogP contribution in [-0.2, 0) is 6.42 Å². The fourth-order valence-corrected chi connectivity index (χ4v) is 4.66. The van der Waals surface area contributed by atoms with Gasteiger partial charge in [0.05, 0.1) is 0 Å². The number of aliphatic imine (C=N–C) groups is 1. The average molecular weight is 423 g/mol. The van der Waals surface area contributed by atoms with Crippen LogP contribution < -0.4 is 5.32 Å². The zero-order chi connectivity index (χ0) is 21.9. The summed E-state index contributed by atoms with van der Waals surface area (Å²) in [5.41, 5.74) is 5.87. The number of nitrogens with one attached hydrogen (secondary N) is 1. The molecule has 0 amide bonds. The fourth-order valence-electron chi connectivity index (χ4n) is 4.66. The van der Waals surface area contributed by atoms with Gasteiger partial charge in [-0.25, -0.2) is 4.98 Å². The second-order valence-corrected chi connectivity index (χ2v) is 9.08. The molecule has 1 aromatic heterocycles. The number of piperidine rings is 1. The third kappa shape index (κ3) is 4.66. The Morgan fingerprint density at radius 2 is 1.97 bits per heavy atom. The Hall–Kier alpha value is -3.24. The maximum absolute atomic E-state index is 4.61. The van der Waals surface area contributed by atoms with E-state index in [-0.39, 0.29) is 0 Å². The molecule has 162 valence electrons. The summed E-state index contributed by atoms with van der Waals surface area (Å²) in [5.74, 6) is 1.59. The molecule has 1 saturated heterocycles. The van der Waals surface area contributed by atoms with Crippen molar-refractivity contribution < 1.29 is 0 Å². The Morgan fingerprint density at radius 3 is 2.78 bits per heavy atom. The van der Waals surface area contributed by atoms with Gasteiger partial charge in [-0.15, -0.1) is 0 Å². The molecule has 0 unspecified atom stereocenters. The van der Waals surface area contributed by atoms with E-state index in [1.165, 1.54) is 42.6 Å². The standard InChI is InChI=1S/C28H30N4/c1-20(23-5-3-4-22(15-23)14-21-9-12-32(2)13-10-21)31-28-17-27-16-24(26-8-11-29-18-26)6-7-25(27)19-30-28/h3-7,11,15-19,21H,1,8-10,12-14H2,2H3,(H,30,31). The van der Waals surface area contributed by atoms with Crippen LogP contribution >= 0.6 is 0 Å². The van der Waals surface area contributed by atoms with Gasteiger partial charge in [0.15, 0.2) is 0 Å². The summed E-state index contributed by atoms with van der Waals surface area (Å²) in [6, 6.07) is 17.4. The maximum atomic E-state index is 4.61. The highest BCUT2D eigenvalue weighted by molar-refractivity contribution is 5.91. The highest BCUT2D eigenvalue weighted by Gasteiger charge is 2.17. The van der Waals surface area contributed by atoms with E-state index in [1.807, 2.05) is 18.6 Å². The molecule has 2 aliphatic heterocycles. The molecule has 4 heteroatoms. The highest BCUT2D eigenvalue weighted by atomic mass is 15.1. The normalized spacial score (nSPS) is 17.0. The zero-order valence-corrected chi connectivity index (χ0v) is 18.7. The third-order valence-electron chi connectivity index (χ3n) is 6.66. The maximum Gasteiger partial charge on any atom is 0.130 e. The van der Waals surface area contributed by atoms with Gasteiger partial charge >= 0.3 is 0 Å². The largest absolute Gasteiger partial charge is 0.340 e. The van der Waals surface area contributed by atoms with Gasteiger partial charge < -0.3 is 10.2 Å². The van der Waals surface area contributed by atoms with Crippen LogP contribution in [0.5, 0.6) is 0 Å². The van der Waals surface area contributed by atoms with Crippen molar-refractivity contribution in [2.45, 2.75) is 25.7 Å². The number of likely N-dealkylation sites (tertiary alicyclic amines) is 1. The predicted molar refractivity (Wildman–Crippen MR) is 136 cm³/mol. The quantitative estimate of drug-likeness (QED) is 0.528. The van der Waals surface area contributed by atoms with E-state index in [4.69, 9.17) is 0 Å². The lowest BCUT2D eigenvalue weighted by molar-refractivity contribution is 0.219. The molecule has 3 heterocycles. The Bertz CT molecular complexity index is 1200. The van der Waals surface area contributed by atoms with Gasteiger partial charge in [0, 0.05) is 36.1 Å². The van der Waals surface area contributed by atoms with E-state index >= 15 is 0 Å². The Morgan fingerprint density at radius 1 is 1.09 bits per heavy atom. The monoisotopic (exact) mass is 422 g/mol. The van der Waals surface area contributed by atoms with Gasteiger partial charge in [-0.1, -0.05) is 36.9 Å². The lowest BCUT2D eigenvalue weighted by Crippen LogP contribution is -2.30. The predicted octanol–water partition coefficient (Wildman–Crippen LogP) is 6.02. The Kier molecular flexibility index (Phi) is 5.87. The van der Waals surface area contributed by atoms with Gasteiger partial charge in [-0.3, -0.25) is 4.99 Å². The molecule has 32 heavy (non-hydrogen) atoms. The number of nitrogens with zero attached hydrogens (tertiary/aromatic N) is 3. The number of aromatic nitrogens is 1. The van der Waals surface area contributed by atoms with Crippen LogP contribution in [0.2, 0.25) is 0 Å². The van der Waals surface area contributed by atoms with Crippen molar-refractivity contribution in [2.75, 3.05) is 25.5 Å². The van der Waals surface area contributed by atoms with E-state index < -0.39 is 0 Å². The number of allylic oxidation sites excluding steroid dienone is 1. The Labute approximate surface area is 190 Å². The summed E-state index contributed by atoms with van der Waals surface area (Å²) >= 11 is 0. The van der Waals surface area contributed by atoms with E-state index in [9.17, 15) is 0 Å². The topological polar surface area (TPSA) is 40.5 Å². The molecular weight excluding hydrogens is 392 g/mol. The summed E-state index contributed by atoms with van der Waals surface area (Å²) in [6.45, 7) is 6.71. The highest BCUT2D eigenvalue weighted by Crippen LogP contribution is 2.27. The van der Waals surface area contributed by atoms with Crippen LogP contribution in [0.3, 0.4) is 0 Å². The van der Waals surface area contributed by atoms with E-state index in [1.54, 1.807) is 0 Å². The average Bonchev–Trinajstić information content (AvgIpc) is 3.35. The van der Waals surface area contributed by atoms with Gasteiger partial charge in [0.2, 0.25) is 0 Å². The number of rotatable bonds is 6. The Balaban J connectivity index is 1.30. The second-order valence-electron chi connectivity index (χ2n) is 9.08. The number of anilines is 1. The third-order valence-corrected chi connectivity index (χ3v) is 6.66. The van der Waals surface area contributed by atoms with Crippen LogP contribution in [0.25, 0.3) is 22.0 Å². The van der Waals surface area contributed by atoms with Gasteiger partial charge in [-0.05, 0) is 91.2 Å². The lowest BCUT2D eigenvalue weighted by atomic mass is 9.90. The minimum Gasteiger partial charge on any atom is -0.340 e. The molecule has 0 saturated carbocycles. The first-order valence-corrected chi connectivity index (χ1v) is 11.5. The van der Waals surface area contributed by atoms with E-state index in [0.29, 0.717) is 0 Å². The van der Waals surface area contributed by atoms with Crippen molar-refractivity contribution in [2.24, 2.45) is 10.9 Å². The zero-order valence-electron chi connectivity index (χ0n) is 18.7. The van der Waals surface area contributed by atoms with Crippen molar-refractivity contribution in [3.63, 3.8) is 0 Å². The molecular formula is C28H30N4. The van der Waals surface area contributed by atoms with Gasteiger partial charge in [0.1, 0.15) is 5.82 Å². The first-order valence-electron chi connectivity index (χ1n) is 11.5. The number of hydrogen-bond donors (Lipinski definition) is 1. The van der Waals surface area contributed by atoms with E-state index in [2.05, 4.69) is 82.4 Å². The minimum atomic E-state index is 0.777. The molecule has 1 N–H and O–H groups in total.